The number of aromatic nitrogens is 2. The molecule has 30 heavy (non-hydrogen) atoms. The lowest BCUT2D eigenvalue weighted by atomic mass is 9.99. The number of nitrogens with zero attached hydrogens (tertiary/aromatic N) is 2. The van der Waals surface area contributed by atoms with Crippen LogP contribution in [-0.4, -0.2) is 53.0 Å². The Labute approximate surface area is 182 Å². The number of methoxy groups -OCH3 is 1. The molecule has 4 rings (SSSR count). The lowest BCUT2D eigenvalue weighted by molar-refractivity contribution is 0.0625. The number of aryl methyl sites for hydroxylation is 1. The van der Waals surface area contributed by atoms with Gasteiger partial charge in [-0.05, 0) is 38.0 Å². The van der Waals surface area contributed by atoms with Gasteiger partial charge < -0.3 is 19.1 Å². The zero-order valence-electron chi connectivity index (χ0n) is 16.8. The molecule has 1 amide bonds. The second kappa shape index (κ2) is 8.57. The van der Waals surface area contributed by atoms with E-state index in [1.54, 1.807) is 26.3 Å². The quantitative estimate of drug-likeness (QED) is 0.543. The van der Waals surface area contributed by atoms with Gasteiger partial charge in [-0.15, -0.1) is 0 Å². The minimum absolute atomic E-state index is 0.0641. The van der Waals surface area contributed by atoms with Crippen molar-refractivity contribution < 1.29 is 18.8 Å². The van der Waals surface area contributed by atoms with Crippen LogP contribution in [0, 0.1) is 6.92 Å². The van der Waals surface area contributed by atoms with Crippen LogP contribution in [0.4, 0.5) is 0 Å². The number of amides is 1. The summed E-state index contributed by atoms with van der Waals surface area (Å²) in [5, 5.41) is 4.09. The van der Waals surface area contributed by atoms with Gasteiger partial charge in [0, 0.05) is 35.5 Å². The number of H-pyrrole nitrogens is 1. The monoisotopic (exact) mass is 471 g/mol. The lowest BCUT2D eigenvalue weighted by Crippen LogP contribution is -2.38. The maximum absolute atomic E-state index is 13.2. The van der Waals surface area contributed by atoms with Crippen LogP contribution in [0.5, 0.6) is 0 Å². The molecule has 1 aromatic carbocycles. The van der Waals surface area contributed by atoms with Gasteiger partial charge in [0.2, 0.25) is 0 Å². The fourth-order valence-corrected chi connectivity index (χ4v) is 4.13. The molecule has 1 aliphatic heterocycles. The van der Waals surface area contributed by atoms with Crippen LogP contribution in [0.25, 0.3) is 11.3 Å². The lowest BCUT2D eigenvalue weighted by Gasteiger charge is -2.23. The van der Waals surface area contributed by atoms with Gasteiger partial charge in [0.15, 0.2) is 5.78 Å². The van der Waals surface area contributed by atoms with Crippen molar-refractivity contribution in [3.63, 3.8) is 0 Å². The Morgan fingerprint density at radius 2 is 2.10 bits per heavy atom. The van der Waals surface area contributed by atoms with Crippen molar-refractivity contribution >= 4 is 27.6 Å². The van der Waals surface area contributed by atoms with E-state index >= 15 is 0 Å². The Morgan fingerprint density at radius 1 is 1.33 bits per heavy atom. The van der Waals surface area contributed by atoms with Crippen molar-refractivity contribution in [1.82, 2.24) is 15.0 Å². The third-order valence-corrected chi connectivity index (χ3v) is 5.91. The summed E-state index contributed by atoms with van der Waals surface area (Å²) in [4.78, 5) is 30.9. The molecule has 3 aromatic rings. The summed E-state index contributed by atoms with van der Waals surface area (Å²) in [6, 6.07) is 9.17. The number of ether oxygens (including phenoxy) is 1. The van der Waals surface area contributed by atoms with E-state index in [1.165, 1.54) is 0 Å². The maximum atomic E-state index is 13.2. The van der Waals surface area contributed by atoms with Crippen LogP contribution in [-0.2, 0) is 4.74 Å². The first-order chi connectivity index (χ1) is 14.5. The van der Waals surface area contributed by atoms with Crippen molar-refractivity contribution in [2.45, 2.75) is 25.8 Å². The second-order valence-corrected chi connectivity index (χ2v) is 8.27. The molecule has 0 radical (unpaired) electrons. The Balaban J connectivity index is 1.60. The predicted molar refractivity (Wildman–Crippen MR) is 115 cm³/mol. The molecule has 3 heterocycles. The van der Waals surface area contributed by atoms with Crippen LogP contribution in [0.15, 0.2) is 45.5 Å². The summed E-state index contributed by atoms with van der Waals surface area (Å²) in [5.74, 6) is 0.0762. The molecule has 1 atom stereocenters. The number of nitrogens with one attached hydrogen (secondary N) is 1. The zero-order valence-corrected chi connectivity index (χ0v) is 18.4. The number of benzene rings is 1. The second-order valence-electron chi connectivity index (χ2n) is 7.35. The third kappa shape index (κ3) is 3.85. The number of hydrogen-bond donors (Lipinski definition) is 1. The van der Waals surface area contributed by atoms with E-state index in [-0.39, 0.29) is 17.7 Å². The fraction of sp³-hybridized carbons (Fsp3) is 0.318. The van der Waals surface area contributed by atoms with Gasteiger partial charge in [-0.25, -0.2) is 0 Å². The number of rotatable bonds is 6. The molecule has 0 saturated carbocycles. The van der Waals surface area contributed by atoms with Gasteiger partial charge in [0.05, 0.1) is 18.2 Å². The molecule has 1 saturated heterocycles. The first kappa shape index (κ1) is 20.6. The highest BCUT2D eigenvalue weighted by atomic mass is 79.9. The predicted octanol–water partition coefficient (Wildman–Crippen LogP) is 4.22. The van der Waals surface area contributed by atoms with Gasteiger partial charge in [-0.2, -0.15) is 0 Å². The molecule has 2 aromatic heterocycles. The molecule has 0 aliphatic carbocycles. The topological polar surface area (TPSA) is 88.4 Å². The molecule has 0 spiro atoms. The Hall–Kier alpha value is -2.71. The Kier molecular flexibility index (Phi) is 5.87. The first-order valence-electron chi connectivity index (χ1n) is 9.75. The van der Waals surface area contributed by atoms with Crippen molar-refractivity contribution in [3.05, 3.63) is 63.6 Å². The van der Waals surface area contributed by atoms with E-state index in [9.17, 15) is 9.59 Å². The number of ketones is 1. The molecule has 156 valence electrons. The number of likely N-dealkylation sites (tertiary alicyclic amines) is 1. The first-order valence-corrected chi connectivity index (χ1v) is 10.5. The number of carbonyl (C=O) groups is 2. The zero-order chi connectivity index (χ0) is 21.3. The Morgan fingerprint density at radius 3 is 2.83 bits per heavy atom. The van der Waals surface area contributed by atoms with Crippen molar-refractivity contribution in [1.29, 1.82) is 0 Å². The number of carbonyl (C=O) groups excluding carboxylic acids is 2. The van der Waals surface area contributed by atoms with Gasteiger partial charge in [0.1, 0.15) is 17.1 Å². The fourth-order valence-electron chi connectivity index (χ4n) is 3.86. The maximum Gasteiger partial charge on any atom is 0.270 e. The van der Waals surface area contributed by atoms with E-state index < -0.39 is 0 Å². The minimum atomic E-state index is -0.239. The molecular formula is C22H22BrN3O4. The molecular weight excluding hydrogens is 450 g/mol. The molecule has 1 fully saturated rings. The number of aromatic amines is 1. The summed E-state index contributed by atoms with van der Waals surface area (Å²) >= 11 is 3.41. The van der Waals surface area contributed by atoms with E-state index in [4.69, 9.17) is 9.26 Å². The summed E-state index contributed by atoms with van der Waals surface area (Å²) in [5.41, 5.74) is 2.45. The van der Waals surface area contributed by atoms with E-state index in [1.807, 2.05) is 29.2 Å². The van der Waals surface area contributed by atoms with Crippen LogP contribution in [0.1, 0.15) is 45.0 Å². The summed E-state index contributed by atoms with van der Waals surface area (Å²) < 4.78 is 11.5. The van der Waals surface area contributed by atoms with Gasteiger partial charge >= 0.3 is 0 Å². The minimum Gasteiger partial charge on any atom is -0.383 e. The SMILES string of the molecule is COC[C@@H]1CCCN1C(=O)c1cc(C(=O)c2c(-c3ccc(Br)cc3)noc2C)c[nH]1. The van der Waals surface area contributed by atoms with E-state index in [2.05, 4.69) is 26.1 Å². The van der Waals surface area contributed by atoms with Crippen LogP contribution in [0.3, 0.4) is 0 Å². The normalized spacial score (nSPS) is 16.2. The van der Waals surface area contributed by atoms with Crippen LogP contribution >= 0.6 is 15.9 Å². The van der Waals surface area contributed by atoms with E-state index in [0.717, 1.165) is 22.9 Å². The molecule has 0 bridgehead atoms. The molecule has 8 heteroatoms. The average Bonchev–Trinajstić information content (AvgIpc) is 3.48. The summed E-state index contributed by atoms with van der Waals surface area (Å²) in [6.45, 7) is 2.91. The third-order valence-electron chi connectivity index (χ3n) is 5.38. The number of halogens is 1. The summed E-state index contributed by atoms with van der Waals surface area (Å²) in [7, 11) is 1.64. The largest absolute Gasteiger partial charge is 0.383 e. The molecule has 0 unspecified atom stereocenters. The standard InChI is InChI=1S/C22H22BrN3O4/c1-13-19(20(25-30-13)14-5-7-16(23)8-6-14)21(27)15-10-18(24-11-15)22(28)26-9-3-4-17(26)12-29-2/h5-8,10-11,17,24H,3-4,9,12H2,1-2H3/t17-/m0/s1. The highest BCUT2D eigenvalue weighted by Crippen LogP contribution is 2.29. The highest BCUT2D eigenvalue weighted by Gasteiger charge is 2.31. The number of hydrogen-bond acceptors (Lipinski definition) is 5. The van der Waals surface area contributed by atoms with Crippen molar-refractivity contribution in [3.8, 4) is 11.3 Å². The Bertz CT molecular complexity index is 1070. The van der Waals surface area contributed by atoms with Gasteiger partial charge in [-0.1, -0.05) is 33.2 Å². The van der Waals surface area contributed by atoms with Crippen molar-refractivity contribution in [2.75, 3.05) is 20.3 Å². The highest BCUT2D eigenvalue weighted by molar-refractivity contribution is 9.10. The average molecular weight is 472 g/mol. The molecule has 1 N–H and O–H groups in total. The van der Waals surface area contributed by atoms with Gasteiger partial charge in [-0.3, -0.25) is 9.59 Å². The molecule has 1 aliphatic rings. The van der Waals surface area contributed by atoms with Crippen molar-refractivity contribution in [2.24, 2.45) is 0 Å². The van der Waals surface area contributed by atoms with Gasteiger partial charge in [0.25, 0.3) is 5.91 Å². The van der Waals surface area contributed by atoms with E-state index in [0.29, 0.717) is 41.4 Å². The van der Waals surface area contributed by atoms with Crippen LogP contribution in [0.2, 0.25) is 0 Å². The van der Waals surface area contributed by atoms with Crippen LogP contribution < -0.4 is 0 Å². The smallest absolute Gasteiger partial charge is 0.270 e. The summed E-state index contributed by atoms with van der Waals surface area (Å²) in [6.07, 6.45) is 3.43. The molecule has 7 nitrogen and oxygen atoms in total.